The van der Waals surface area contributed by atoms with Crippen LogP contribution in [-0.4, -0.2) is 43.1 Å². The Morgan fingerprint density at radius 1 is 0.907 bits per heavy atom. The zero-order valence-corrected chi connectivity index (χ0v) is 25.7. The molecule has 1 amide bonds. The van der Waals surface area contributed by atoms with E-state index in [0.717, 1.165) is 23.4 Å². The molecular formula is C31H33N3O7S2. The Balaban J connectivity index is 1.55. The Hall–Kier alpha value is -4.29. The number of aromatic nitrogens is 2. The first-order valence-electron chi connectivity index (χ1n) is 13.7. The lowest BCUT2D eigenvalue weighted by atomic mass is 10.0. The molecule has 0 saturated carbocycles. The fourth-order valence-corrected chi connectivity index (χ4v) is 5.97. The molecule has 0 unspecified atom stereocenters. The van der Waals surface area contributed by atoms with Gasteiger partial charge in [0.15, 0.2) is 5.03 Å². The fraction of sp³-hybridized carbons (Fsp3) is 0.258. The first-order valence-corrected chi connectivity index (χ1v) is 16.4. The average Bonchev–Trinajstić information content (AvgIpc) is 3.32. The maximum absolute atomic E-state index is 13.2. The highest BCUT2D eigenvalue weighted by molar-refractivity contribution is 7.98. The number of aryl methyl sites for hydroxylation is 1. The zero-order valence-electron chi connectivity index (χ0n) is 24.1. The number of hydrogen-bond donors (Lipinski definition) is 1. The summed E-state index contributed by atoms with van der Waals surface area (Å²) in [4.78, 5) is 29.1. The van der Waals surface area contributed by atoms with E-state index in [1.54, 1.807) is 61.5 Å². The second kappa shape index (κ2) is 14.7. The predicted octanol–water partition coefficient (Wildman–Crippen LogP) is 6.42. The Bertz CT molecular complexity index is 1650. The molecule has 0 aliphatic rings. The number of sulfonamides is 1. The van der Waals surface area contributed by atoms with E-state index in [4.69, 9.17) is 14.2 Å². The minimum Gasteiger partial charge on any atom is -0.444 e. The molecule has 4 rings (SSSR count). The first kappa shape index (κ1) is 31.6. The van der Waals surface area contributed by atoms with Gasteiger partial charge in [-0.25, -0.2) is 27.7 Å². The molecule has 1 N–H and O–H groups in total. The molecule has 0 fully saturated rings. The maximum Gasteiger partial charge on any atom is 0.515 e. The second-order valence-corrected chi connectivity index (χ2v) is 11.8. The normalized spacial score (nSPS) is 11.1. The second-order valence-electron chi connectivity index (χ2n) is 9.32. The van der Waals surface area contributed by atoms with Crippen molar-refractivity contribution in [3.63, 3.8) is 0 Å². The third kappa shape index (κ3) is 8.17. The summed E-state index contributed by atoms with van der Waals surface area (Å²) < 4.78 is 45.8. The summed E-state index contributed by atoms with van der Waals surface area (Å²) in [5.41, 5.74) is 2.66. The van der Waals surface area contributed by atoms with E-state index in [0.29, 0.717) is 35.0 Å². The highest BCUT2D eigenvalue weighted by Gasteiger charge is 2.24. The monoisotopic (exact) mass is 623 g/mol. The first-order chi connectivity index (χ1) is 20.7. The van der Waals surface area contributed by atoms with Gasteiger partial charge >= 0.3 is 12.2 Å². The average molecular weight is 624 g/mol. The number of thioether (sulfide) groups is 1. The summed E-state index contributed by atoms with van der Waals surface area (Å²) in [6.45, 7) is 4.24. The molecule has 0 saturated heterocycles. The fourth-order valence-electron chi connectivity index (χ4n) is 4.32. The van der Waals surface area contributed by atoms with Crippen molar-refractivity contribution in [2.75, 3.05) is 12.9 Å². The molecule has 226 valence electrons. The van der Waals surface area contributed by atoms with Crippen molar-refractivity contribution >= 4 is 34.0 Å². The van der Waals surface area contributed by atoms with Crippen LogP contribution >= 0.6 is 11.8 Å². The van der Waals surface area contributed by atoms with Gasteiger partial charge in [0.2, 0.25) is 5.88 Å². The van der Waals surface area contributed by atoms with Crippen LogP contribution in [-0.2, 0) is 39.1 Å². The minimum absolute atomic E-state index is 0.0611. The summed E-state index contributed by atoms with van der Waals surface area (Å²) in [6, 6.07) is 22.7. The number of nitrogens with zero attached hydrogens (tertiary/aromatic N) is 2. The third-order valence-corrected chi connectivity index (χ3v) is 8.32. The van der Waals surface area contributed by atoms with E-state index < -0.39 is 22.3 Å². The SMILES string of the molecule is CCCc1nc(SC)c(OC(=O)OCC)n1Cc1ccc(-c2ccccc2S(=O)(=O)NC(=O)OCc2ccccc2)cc1. The van der Waals surface area contributed by atoms with Crippen LogP contribution in [0.5, 0.6) is 5.88 Å². The van der Waals surface area contributed by atoms with Crippen LogP contribution in [0.2, 0.25) is 0 Å². The van der Waals surface area contributed by atoms with Crippen LogP contribution in [0.3, 0.4) is 0 Å². The van der Waals surface area contributed by atoms with Gasteiger partial charge in [-0.05, 0) is 42.4 Å². The molecule has 0 aliphatic carbocycles. The van der Waals surface area contributed by atoms with E-state index >= 15 is 0 Å². The van der Waals surface area contributed by atoms with Gasteiger partial charge < -0.3 is 14.2 Å². The lowest BCUT2D eigenvalue weighted by Crippen LogP contribution is -2.31. The van der Waals surface area contributed by atoms with Gasteiger partial charge in [0.25, 0.3) is 10.0 Å². The Labute approximate surface area is 255 Å². The van der Waals surface area contributed by atoms with Crippen molar-refractivity contribution in [3.05, 3.63) is 95.8 Å². The van der Waals surface area contributed by atoms with Crippen molar-refractivity contribution in [1.82, 2.24) is 14.3 Å². The van der Waals surface area contributed by atoms with E-state index in [1.165, 1.54) is 17.8 Å². The largest absolute Gasteiger partial charge is 0.515 e. The quantitative estimate of drug-likeness (QED) is 0.140. The number of benzene rings is 3. The summed E-state index contributed by atoms with van der Waals surface area (Å²) in [5, 5.41) is 0.585. The van der Waals surface area contributed by atoms with Crippen LogP contribution in [0.4, 0.5) is 9.59 Å². The van der Waals surface area contributed by atoms with E-state index in [2.05, 4.69) is 4.98 Å². The van der Waals surface area contributed by atoms with E-state index in [9.17, 15) is 18.0 Å². The van der Waals surface area contributed by atoms with E-state index in [1.807, 2.05) is 40.7 Å². The third-order valence-electron chi connectivity index (χ3n) is 6.29. The molecule has 43 heavy (non-hydrogen) atoms. The van der Waals surface area contributed by atoms with Gasteiger partial charge in [0, 0.05) is 12.0 Å². The van der Waals surface area contributed by atoms with Gasteiger partial charge in [-0.1, -0.05) is 79.7 Å². The molecule has 4 aromatic rings. The van der Waals surface area contributed by atoms with Gasteiger partial charge in [0.05, 0.1) is 18.0 Å². The van der Waals surface area contributed by atoms with Crippen molar-refractivity contribution in [2.45, 2.75) is 49.8 Å². The highest BCUT2D eigenvalue weighted by atomic mass is 32.2. The topological polar surface area (TPSA) is 126 Å². The van der Waals surface area contributed by atoms with Gasteiger partial charge in [0.1, 0.15) is 12.4 Å². The molecule has 3 aromatic carbocycles. The molecular weight excluding hydrogens is 590 g/mol. The number of rotatable bonds is 12. The molecule has 1 aromatic heterocycles. The molecule has 0 radical (unpaired) electrons. The molecule has 0 bridgehead atoms. The lowest BCUT2D eigenvalue weighted by Gasteiger charge is -2.14. The molecule has 0 aliphatic heterocycles. The minimum atomic E-state index is -4.24. The van der Waals surface area contributed by atoms with E-state index in [-0.39, 0.29) is 18.1 Å². The van der Waals surface area contributed by atoms with Crippen molar-refractivity contribution < 1.29 is 32.2 Å². The van der Waals surface area contributed by atoms with Crippen LogP contribution in [0, 0.1) is 0 Å². The van der Waals surface area contributed by atoms with Gasteiger partial charge in [-0.3, -0.25) is 4.57 Å². The molecule has 1 heterocycles. The Morgan fingerprint density at radius 3 is 2.28 bits per heavy atom. The number of ether oxygens (including phenoxy) is 3. The summed E-state index contributed by atoms with van der Waals surface area (Å²) in [6.07, 6.45) is 1.53. The standard InChI is InChI=1S/C31H33N3O7S2/c1-4-11-27-32-28(42-3)29(41-31(36)39-5-2)34(27)20-22-16-18-24(19-17-22)25-14-9-10-15-26(25)43(37,38)33-30(35)40-21-23-12-7-6-8-13-23/h6-10,12-19H,4-5,11,20-21H2,1-3H3,(H,33,35). The van der Waals surface area contributed by atoms with Gasteiger partial charge in [-0.15, -0.1) is 11.8 Å². The van der Waals surface area contributed by atoms with Crippen molar-refractivity contribution in [2.24, 2.45) is 0 Å². The maximum atomic E-state index is 13.2. The number of nitrogens with one attached hydrogen (secondary N) is 1. The number of carbonyl (C=O) groups excluding carboxylic acids is 2. The van der Waals surface area contributed by atoms with Crippen LogP contribution in [0.25, 0.3) is 11.1 Å². The summed E-state index contributed by atoms with van der Waals surface area (Å²) in [7, 11) is -4.24. The Morgan fingerprint density at radius 2 is 1.60 bits per heavy atom. The van der Waals surface area contributed by atoms with Crippen molar-refractivity contribution in [1.29, 1.82) is 0 Å². The Kier molecular flexibility index (Phi) is 10.8. The van der Waals surface area contributed by atoms with Gasteiger partial charge in [-0.2, -0.15) is 0 Å². The lowest BCUT2D eigenvalue weighted by molar-refractivity contribution is 0.0998. The number of carbonyl (C=O) groups is 2. The number of hydrogen-bond acceptors (Lipinski definition) is 9. The van der Waals surface area contributed by atoms with Crippen molar-refractivity contribution in [3.8, 4) is 17.0 Å². The van der Waals surface area contributed by atoms with Crippen LogP contribution < -0.4 is 9.46 Å². The molecule has 12 heteroatoms. The smallest absolute Gasteiger partial charge is 0.444 e. The number of amides is 1. The summed E-state index contributed by atoms with van der Waals surface area (Å²) >= 11 is 1.38. The van der Waals surface area contributed by atoms with Crippen LogP contribution in [0.15, 0.2) is 88.8 Å². The molecule has 0 spiro atoms. The number of imidazole rings is 1. The van der Waals surface area contributed by atoms with Crippen LogP contribution in [0.1, 0.15) is 37.2 Å². The summed E-state index contributed by atoms with van der Waals surface area (Å²) in [5.74, 6) is 1.09. The molecule has 10 nitrogen and oxygen atoms in total. The predicted molar refractivity (Wildman–Crippen MR) is 164 cm³/mol. The molecule has 0 atom stereocenters. The highest BCUT2D eigenvalue weighted by Crippen LogP contribution is 2.32. The zero-order chi connectivity index (χ0) is 30.8.